The minimum atomic E-state index is -0.189. The highest BCUT2D eigenvalue weighted by molar-refractivity contribution is 5.99. The molecule has 0 unspecified atom stereocenters. The van der Waals surface area contributed by atoms with Crippen molar-refractivity contribution in [3.63, 3.8) is 0 Å². The molecule has 2 aliphatic rings. The lowest BCUT2D eigenvalue weighted by atomic mass is 10.1. The Balaban J connectivity index is 1.58. The van der Waals surface area contributed by atoms with Crippen molar-refractivity contribution in [1.82, 2.24) is 20.4 Å². The molecule has 7 heteroatoms. The van der Waals surface area contributed by atoms with E-state index >= 15 is 0 Å². The van der Waals surface area contributed by atoms with Gasteiger partial charge in [-0.15, -0.1) is 0 Å². The van der Waals surface area contributed by atoms with Crippen LogP contribution < -0.4 is 16.4 Å². The molecule has 1 aromatic heterocycles. The normalized spacial score (nSPS) is 17.1. The molecule has 0 spiro atoms. The SMILES string of the molecule is Cc1ccc(C(=O)NC2CC2)cc1-n1ncc(C(=O)NC2CCCC2)c1N. The second-order valence-corrected chi connectivity index (χ2v) is 7.56. The molecular weight excluding hydrogens is 342 g/mol. The van der Waals surface area contributed by atoms with E-state index in [4.69, 9.17) is 5.73 Å². The van der Waals surface area contributed by atoms with Crippen LogP contribution >= 0.6 is 0 Å². The highest BCUT2D eigenvalue weighted by Gasteiger charge is 2.25. The van der Waals surface area contributed by atoms with Gasteiger partial charge in [-0.05, 0) is 50.3 Å². The molecule has 142 valence electrons. The topological polar surface area (TPSA) is 102 Å². The van der Waals surface area contributed by atoms with E-state index in [9.17, 15) is 9.59 Å². The van der Waals surface area contributed by atoms with E-state index in [0.29, 0.717) is 22.9 Å². The molecule has 0 bridgehead atoms. The monoisotopic (exact) mass is 367 g/mol. The molecule has 2 fully saturated rings. The first-order chi connectivity index (χ1) is 13.0. The fourth-order valence-corrected chi connectivity index (χ4v) is 3.53. The third-order valence-corrected chi connectivity index (χ3v) is 5.35. The summed E-state index contributed by atoms with van der Waals surface area (Å²) in [4.78, 5) is 24.9. The Bertz CT molecular complexity index is 878. The Morgan fingerprint density at radius 2 is 1.74 bits per heavy atom. The summed E-state index contributed by atoms with van der Waals surface area (Å²) in [5.74, 6) is 0.00274. The number of benzene rings is 1. The second-order valence-electron chi connectivity index (χ2n) is 7.56. The van der Waals surface area contributed by atoms with E-state index in [1.807, 2.05) is 13.0 Å². The Hall–Kier alpha value is -2.83. The van der Waals surface area contributed by atoms with Crippen molar-refractivity contribution in [3.8, 4) is 5.69 Å². The Morgan fingerprint density at radius 3 is 2.44 bits per heavy atom. The van der Waals surface area contributed by atoms with Crippen molar-refractivity contribution >= 4 is 17.6 Å². The summed E-state index contributed by atoms with van der Waals surface area (Å²) in [6.45, 7) is 1.93. The number of rotatable bonds is 5. The van der Waals surface area contributed by atoms with Crippen LogP contribution in [0.4, 0.5) is 5.82 Å². The number of nitrogens with two attached hydrogens (primary N) is 1. The summed E-state index contributed by atoms with van der Waals surface area (Å²) in [7, 11) is 0. The first kappa shape index (κ1) is 17.6. The third-order valence-electron chi connectivity index (χ3n) is 5.35. The van der Waals surface area contributed by atoms with Gasteiger partial charge in [-0.25, -0.2) is 4.68 Å². The summed E-state index contributed by atoms with van der Waals surface area (Å²) in [6, 6.07) is 5.95. The molecule has 1 heterocycles. The lowest BCUT2D eigenvalue weighted by molar-refractivity contribution is 0.0934. The number of amides is 2. The predicted molar refractivity (Wildman–Crippen MR) is 103 cm³/mol. The van der Waals surface area contributed by atoms with Gasteiger partial charge in [-0.3, -0.25) is 9.59 Å². The molecule has 4 rings (SSSR count). The number of hydrogen-bond acceptors (Lipinski definition) is 4. The summed E-state index contributed by atoms with van der Waals surface area (Å²) in [5, 5.41) is 10.3. The number of hydrogen-bond donors (Lipinski definition) is 3. The first-order valence-electron chi connectivity index (χ1n) is 9.59. The van der Waals surface area contributed by atoms with Crippen LogP contribution in [0.15, 0.2) is 24.4 Å². The Labute approximate surface area is 158 Å². The molecule has 0 atom stereocenters. The number of carbonyl (C=O) groups excluding carboxylic acids is 2. The fourth-order valence-electron chi connectivity index (χ4n) is 3.53. The molecule has 27 heavy (non-hydrogen) atoms. The van der Waals surface area contributed by atoms with Gasteiger partial charge in [0.2, 0.25) is 0 Å². The van der Waals surface area contributed by atoms with Crippen LogP contribution in [0.2, 0.25) is 0 Å². The van der Waals surface area contributed by atoms with Gasteiger partial charge in [0.15, 0.2) is 0 Å². The summed E-state index contributed by atoms with van der Waals surface area (Å²) in [5.41, 5.74) is 8.80. The van der Waals surface area contributed by atoms with Gasteiger partial charge in [0.1, 0.15) is 11.4 Å². The maximum absolute atomic E-state index is 12.5. The quantitative estimate of drug-likeness (QED) is 0.755. The smallest absolute Gasteiger partial charge is 0.256 e. The van der Waals surface area contributed by atoms with Gasteiger partial charge >= 0.3 is 0 Å². The minimum Gasteiger partial charge on any atom is -0.383 e. The zero-order chi connectivity index (χ0) is 19.0. The number of aromatic nitrogens is 2. The van der Waals surface area contributed by atoms with Crippen LogP contribution in [0.1, 0.15) is 64.8 Å². The van der Waals surface area contributed by atoms with Crippen LogP contribution in [0, 0.1) is 6.92 Å². The van der Waals surface area contributed by atoms with E-state index < -0.39 is 0 Å². The zero-order valence-corrected chi connectivity index (χ0v) is 15.5. The van der Waals surface area contributed by atoms with E-state index in [2.05, 4.69) is 15.7 Å². The average molecular weight is 367 g/mol. The molecular formula is C20H25N5O2. The van der Waals surface area contributed by atoms with Crippen molar-refractivity contribution in [2.45, 2.75) is 57.5 Å². The van der Waals surface area contributed by atoms with Gasteiger partial charge in [0, 0.05) is 17.6 Å². The standard InChI is InChI=1S/C20H25N5O2/c1-12-6-7-13(19(26)23-15-8-9-15)10-17(12)25-18(21)16(11-22-25)20(27)24-14-4-2-3-5-14/h6-7,10-11,14-15H,2-5,8-9,21H2,1H3,(H,23,26)(H,24,27). The van der Waals surface area contributed by atoms with E-state index in [1.165, 1.54) is 10.9 Å². The lowest BCUT2D eigenvalue weighted by Crippen LogP contribution is -2.32. The number of nitrogens with one attached hydrogen (secondary N) is 2. The summed E-state index contributed by atoms with van der Waals surface area (Å²) >= 11 is 0. The van der Waals surface area contributed by atoms with Crippen LogP contribution in [0.25, 0.3) is 5.69 Å². The van der Waals surface area contributed by atoms with Crippen LogP contribution in [-0.4, -0.2) is 33.7 Å². The average Bonchev–Trinajstić information content (AvgIpc) is 3.15. The zero-order valence-electron chi connectivity index (χ0n) is 15.5. The van der Waals surface area contributed by atoms with Crippen molar-refractivity contribution in [2.24, 2.45) is 0 Å². The van der Waals surface area contributed by atoms with Crippen molar-refractivity contribution in [3.05, 3.63) is 41.1 Å². The lowest BCUT2D eigenvalue weighted by Gasteiger charge is -2.13. The highest BCUT2D eigenvalue weighted by atomic mass is 16.2. The van der Waals surface area contributed by atoms with E-state index in [-0.39, 0.29) is 23.7 Å². The highest BCUT2D eigenvalue weighted by Crippen LogP contribution is 2.24. The van der Waals surface area contributed by atoms with Crippen LogP contribution in [0.5, 0.6) is 0 Å². The number of anilines is 1. The second kappa shape index (κ2) is 7.06. The molecule has 0 saturated heterocycles. The maximum Gasteiger partial charge on any atom is 0.256 e. The molecule has 2 aromatic rings. The third kappa shape index (κ3) is 3.67. The van der Waals surface area contributed by atoms with Crippen LogP contribution in [0.3, 0.4) is 0 Å². The van der Waals surface area contributed by atoms with E-state index in [0.717, 1.165) is 44.1 Å². The molecule has 0 radical (unpaired) electrons. The Kier molecular flexibility index (Phi) is 4.59. The molecule has 2 amide bonds. The predicted octanol–water partition coefficient (Wildman–Crippen LogP) is 2.33. The maximum atomic E-state index is 12.5. The molecule has 1 aromatic carbocycles. The number of nitrogens with zero attached hydrogens (tertiary/aromatic N) is 2. The number of aryl methyl sites for hydroxylation is 1. The number of carbonyl (C=O) groups is 2. The van der Waals surface area contributed by atoms with Gasteiger partial charge in [-0.2, -0.15) is 5.10 Å². The summed E-state index contributed by atoms with van der Waals surface area (Å²) in [6.07, 6.45) is 7.89. The van der Waals surface area contributed by atoms with E-state index in [1.54, 1.807) is 12.1 Å². The minimum absolute atomic E-state index is 0.0938. The van der Waals surface area contributed by atoms with Crippen molar-refractivity contribution in [1.29, 1.82) is 0 Å². The van der Waals surface area contributed by atoms with Crippen LogP contribution in [-0.2, 0) is 0 Å². The van der Waals surface area contributed by atoms with Crippen molar-refractivity contribution < 1.29 is 9.59 Å². The molecule has 2 aliphatic carbocycles. The van der Waals surface area contributed by atoms with Gasteiger partial charge in [0.05, 0.1) is 11.9 Å². The Morgan fingerprint density at radius 1 is 1.07 bits per heavy atom. The molecule has 0 aliphatic heterocycles. The summed E-state index contributed by atoms with van der Waals surface area (Å²) < 4.78 is 1.53. The first-order valence-corrected chi connectivity index (χ1v) is 9.59. The molecule has 2 saturated carbocycles. The van der Waals surface area contributed by atoms with Gasteiger partial charge in [-0.1, -0.05) is 18.9 Å². The molecule has 7 nitrogen and oxygen atoms in total. The number of nitrogen functional groups attached to an aromatic ring is 1. The van der Waals surface area contributed by atoms with Crippen molar-refractivity contribution in [2.75, 3.05) is 5.73 Å². The largest absolute Gasteiger partial charge is 0.383 e. The van der Waals surface area contributed by atoms with Gasteiger partial charge in [0.25, 0.3) is 11.8 Å². The molecule has 4 N–H and O–H groups in total. The fraction of sp³-hybridized carbons (Fsp3) is 0.450. The van der Waals surface area contributed by atoms with Gasteiger partial charge < -0.3 is 16.4 Å².